The number of benzene rings is 1. The molecule has 1 aromatic heterocycles. The van der Waals surface area contributed by atoms with Gasteiger partial charge in [-0.25, -0.2) is 15.0 Å². The van der Waals surface area contributed by atoms with E-state index in [1.165, 1.54) is 5.56 Å². The second-order valence-electron chi connectivity index (χ2n) is 5.41. The van der Waals surface area contributed by atoms with Gasteiger partial charge in [0.1, 0.15) is 5.82 Å². The van der Waals surface area contributed by atoms with Crippen molar-refractivity contribution in [1.82, 2.24) is 9.99 Å². The summed E-state index contributed by atoms with van der Waals surface area (Å²) in [7, 11) is 0. The highest BCUT2D eigenvalue weighted by atomic mass is 16.1. The van der Waals surface area contributed by atoms with Crippen LogP contribution in [-0.2, 0) is 4.79 Å². The average Bonchev–Trinajstić information content (AvgIpc) is 2.59. The summed E-state index contributed by atoms with van der Waals surface area (Å²) in [6, 6.07) is 14.0. The number of carbonyl (C=O) groups is 1. The summed E-state index contributed by atoms with van der Waals surface area (Å²) in [5.74, 6) is 0.995. The van der Waals surface area contributed by atoms with Crippen molar-refractivity contribution in [2.24, 2.45) is 0 Å². The Kier molecular flexibility index (Phi) is 4.34. The van der Waals surface area contributed by atoms with Gasteiger partial charge < -0.3 is 4.90 Å². The summed E-state index contributed by atoms with van der Waals surface area (Å²) in [4.78, 5) is 18.1. The van der Waals surface area contributed by atoms with Crippen molar-refractivity contribution in [2.75, 3.05) is 36.1 Å². The molecule has 0 atom stereocenters. The molecule has 1 amide bonds. The molecule has 3 rings (SSSR count). The van der Waals surface area contributed by atoms with Crippen LogP contribution in [0.4, 0.5) is 11.5 Å². The van der Waals surface area contributed by atoms with Crippen LogP contribution in [0, 0.1) is 6.92 Å². The highest BCUT2D eigenvalue weighted by Crippen LogP contribution is 2.19. The first-order valence-electron chi connectivity index (χ1n) is 7.50. The fourth-order valence-corrected chi connectivity index (χ4v) is 2.67. The van der Waals surface area contributed by atoms with Gasteiger partial charge in [0.2, 0.25) is 6.41 Å². The predicted molar refractivity (Wildman–Crippen MR) is 87.7 cm³/mol. The number of hydrogen-bond acceptors (Lipinski definition) is 4. The summed E-state index contributed by atoms with van der Waals surface area (Å²) in [5, 5.41) is 3.78. The van der Waals surface area contributed by atoms with E-state index in [9.17, 15) is 4.79 Å². The molecule has 0 unspecified atom stereocenters. The Morgan fingerprint density at radius 3 is 2.36 bits per heavy atom. The van der Waals surface area contributed by atoms with Crippen molar-refractivity contribution in [3.05, 3.63) is 54.2 Å². The molecule has 1 aromatic carbocycles. The standard InChI is InChI=1S/C17H20N4O/c1-15-5-7-16(8-6-15)21(14-22)20-12-10-19(11-13-20)17-4-2-3-9-18-17/h2-9,14H,10-13H2,1H3. The Hall–Kier alpha value is -2.40. The number of hydrazine groups is 1. The number of nitrogens with zero attached hydrogens (tertiary/aromatic N) is 4. The number of carbonyl (C=O) groups excluding carboxylic acids is 1. The molecule has 1 aliphatic heterocycles. The van der Waals surface area contributed by atoms with Crippen LogP contribution >= 0.6 is 0 Å². The van der Waals surface area contributed by atoms with Crippen molar-refractivity contribution in [3.8, 4) is 0 Å². The number of aryl methyl sites for hydroxylation is 1. The predicted octanol–water partition coefficient (Wildman–Crippen LogP) is 2.09. The van der Waals surface area contributed by atoms with E-state index in [2.05, 4.69) is 14.9 Å². The number of aromatic nitrogens is 1. The molecular weight excluding hydrogens is 276 g/mol. The molecule has 1 aliphatic rings. The van der Waals surface area contributed by atoms with Gasteiger partial charge >= 0.3 is 0 Å². The van der Waals surface area contributed by atoms with Crippen LogP contribution in [0.25, 0.3) is 0 Å². The zero-order valence-electron chi connectivity index (χ0n) is 12.7. The molecule has 5 heteroatoms. The third-order valence-electron chi connectivity index (χ3n) is 3.93. The molecule has 22 heavy (non-hydrogen) atoms. The van der Waals surface area contributed by atoms with Crippen molar-refractivity contribution >= 4 is 17.9 Å². The average molecular weight is 296 g/mol. The molecule has 0 bridgehead atoms. The Labute approximate surface area is 130 Å². The van der Waals surface area contributed by atoms with Gasteiger partial charge in [0.05, 0.1) is 5.69 Å². The fraction of sp³-hybridized carbons (Fsp3) is 0.294. The first kappa shape index (κ1) is 14.5. The van der Waals surface area contributed by atoms with E-state index in [0.29, 0.717) is 0 Å². The van der Waals surface area contributed by atoms with Gasteiger partial charge in [-0.1, -0.05) is 23.8 Å². The zero-order chi connectivity index (χ0) is 15.4. The van der Waals surface area contributed by atoms with Gasteiger partial charge in [-0.2, -0.15) is 0 Å². The molecule has 0 saturated carbocycles. The molecular formula is C17H20N4O. The molecule has 0 spiro atoms. The van der Waals surface area contributed by atoms with Crippen molar-refractivity contribution in [2.45, 2.75) is 6.92 Å². The van der Waals surface area contributed by atoms with E-state index < -0.39 is 0 Å². The molecule has 0 radical (unpaired) electrons. The van der Waals surface area contributed by atoms with Crippen LogP contribution in [-0.4, -0.2) is 42.6 Å². The van der Waals surface area contributed by atoms with Crippen LogP contribution in [0.5, 0.6) is 0 Å². The van der Waals surface area contributed by atoms with Gasteiger partial charge in [-0.05, 0) is 31.2 Å². The molecule has 0 N–H and O–H groups in total. The summed E-state index contributed by atoms with van der Waals surface area (Å²) in [5.41, 5.74) is 2.10. The lowest BCUT2D eigenvalue weighted by Gasteiger charge is -2.39. The Bertz CT molecular complexity index is 606. The van der Waals surface area contributed by atoms with E-state index in [0.717, 1.165) is 44.1 Å². The van der Waals surface area contributed by atoms with Crippen LogP contribution < -0.4 is 9.91 Å². The summed E-state index contributed by atoms with van der Waals surface area (Å²) < 4.78 is 0. The van der Waals surface area contributed by atoms with Gasteiger partial charge in [0, 0.05) is 32.4 Å². The highest BCUT2D eigenvalue weighted by Gasteiger charge is 2.22. The number of pyridine rings is 1. The van der Waals surface area contributed by atoms with Crippen LogP contribution in [0.15, 0.2) is 48.7 Å². The minimum absolute atomic E-state index is 0.795. The van der Waals surface area contributed by atoms with E-state index >= 15 is 0 Å². The maximum absolute atomic E-state index is 11.5. The molecule has 5 nitrogen and oxygen atoms in total. The summed E-state index contributed by atoms with van der Waals surface area (Å²) >= 11 is 0. The normalized spacial score (nSPS) is 15.6. The number of anilines is 2. The Balaban J connectivity index is 1.67. The van der Waals surface area contributed by atoms with Crippen LogP contribution in [0.3, 0.4) is 0 Å². The topological polar surface area (TPSA) is 39.7 Å². The third kappa shape index (κ3) is 3.09. The smallest absolute Gasteiger partial charge is 0.228 e. The van der Waals surface area contributed by atoms with Crippen molar-refractivity contribution in [3.63, 3.8) is 0 Å². The van der Waals surface area contributed by atoms with Gasteiger partial charge in [0.15, 0.2) is 0 Å². The molecule has 114 valence electrons. The van der Waals surface area contributed by atoms with Crippen LogP contribution in [0.2, 0.25) is 0 Å². The van der Waals surface area contributed by atoms with E-state index in [4.69, 9.17) is 0 Å². The monoisotopic (exact) mass is 296 g/mol. The van der Waals surface area contributed by atoms with Gasteiger partial charge in [0.25, 0.3) is 0 Å². The quantitative estimate of drug-likeness (QED) is 0.810. The second kappa shape index (κ2) is 6.58. The van der Waals surface area contributed by atoms with E-state index in [1.54, 1.807) is 5.01 Å². The minimum Gasteiger partial charge on any atom is -0.354 e. The molecule has 1 saturated heterocycles. The Morgan fingerprint density at radius 1 is 1.05 bits per heavy atom. The summed E-state index contributed by atoms with van der Waals surface area (Å²) in [6.07, 6.45) is 2.70. The molecule has 2 aromatic rings. The first-order valence-corrected chi connectivity index (χ1v) is 7.50. The van der Waals surface area contributed by atoms with Gasteiger partial charge in [-0.3, -0.25) is 4.79 Å². The second-order valence-corrected chi connectivity index (χ2v) is 5.41. The lowest BCUT2D eigenvalue weighted by atomic mass is 10.2. The number of hydrogen-bond donors (Lipinski definition) is 0. The van der Waals surface area contributed by atoms with E-state index in [1.807, 2.05) is 55.6 Å². The fourth-order valence-electron chi connectivity index (χ4n) is 2.67. The number of rotatable bonds is 4. The van der Waals surface area contributed by atoms with Crippen molar-refractivity contribution < 1.29 is 4.79 Å². The maximum atomic E-state index is 11.5. The summed E-state index contributed by atoms with van der Waals surface area (Å²) in [6.45, 7) is 5.34. The molecule has 1 fully saturated rings. The lowest BCUT2D eigenvalue weighted by molar-refractivity contribution is -0.110. The first-order chi connectivity index (χ1) is 10.8. The van der Waals surface area contributed by atoms with E-state index in [-0.39, 0.29) is 0 Å². The van der Waals surface area contributed by atoms with Crippen LogP contribution in [0.1, 0.15) is 5.56 Å². The number of piperazine rings is 1. The largest absolute Gasteiger partial charge is 0.354 e. The highest BCUT2D eigenvalue weighted by molar-refractivity contribution is 5.73. The van der Waals surface area contributed by atoms with Crippen molar-refractivity contribution in [1.29, 1.82) is 0 Å². The molecule has 2 heterocycles. The maximum Gasteiger partial charge on any atom is 0.228 e. The minimum atomic E-state index is 0.795. The lowest BCUT2D eigenvalue weighted by Crippen LogP contribution is -2.53. The number of amides is 1. The third-order valence-corrected chi connectivity index (χ3v) is 3.93. The SMILES string of the molecule is Cc1ccc(N(C=O)N2CCN(c3ccccn3)CC2)cc1. The zero-order valence-corrected chi connectivity index (χ0v) is 12.7. The van der Waals surface area contributed by atoms with Gasteiger partial charge in [-0.15, -0.1) is 0 Å². The Morgan fingerprint density at radius 2 is 1.77 bits per heavy atom. The molecule has 0 aliphatic carbocycles.